The Kier molecular flexibility index (Phi) is 5.89. The molecule has 1 aliphatic heterocycles. The Hall–Kier alpha value is -3.01. The standard InChI is InChI=1S/C22H27N5O4S/c1-14-18(15(2)27(25-14)16-10-11-32(30,31)13-16)12-26(3)21(28)9-8-20-23-19-7-5-4-6-17(19)22(29)24-20/h4-7,16H,8-13H2,1-3H3,(H,23,24,29)/t16-/m1/s1. The van der Waals surface area contributed by atoms with Gasteiger partial charge in [0.2, 0.25) is 5.91 Å². The molecule has 0 bridgehead atoms. The highest BCUT2D eigenvalue weighted by molar-refractivity contribution is 7.91. The Labute approximate surface area is 186 Å². The van der Waals surface area contributed by atoms with Crippen LogP contribution in [0.15, 0.2) is 29.1 Å². The van der Waals surface area contributed by atoms with Gasteiger partial charge in [-0.2, -0.15) is 5.10 Å². The molecule has 0 radical (unpaired) electrons. The molecule has 1 aliphatic rings. The molecule has 0 spiro atoms. The fraction of sp³-hybridized carbons (Fsp3) is 0.455. The van der Waals surface area contributed by atoms with Crippen molar-refractivity contribution in [3.8, 4) is 0 Å². The molecular formula is C22H27N5O4S. The minimum Gasteiger partial charge on any atom is -0.341 e. The third-order valence-electron chi connectivity index (χ3n) is 6.09. The predicted molar refractivity (Wildman–Crippen MR) is 121 cm³/mol. The number of nitrogens with zero attached hydrogens (tertiary/aromatic N) is 4. The molecule has 1 saturated heterocycles. The lowest BCUT2D eigenvalue weighted by Gasteiger charge is -2.18. The number of rotatable bonds is 6. The zero-order chi connectivity index (χ0) is 23.0. The summed E-state index contributed by atoms with van der Waals surface area (Å²) in [4.78, 5) is 33.8. The summed E-state index contributed by atoms with van der Waals surface area (Å²) in [5.74, 6) is 0.711. The lowest BCUT2D eigenvalue weighted by atomic mass is 10.1. The number of aromatic nitrogens is 4. The summed E-state index contributed by atoms with van der Waals surface area (Å²) in [6, 6.07) is 6.96. The fourth-order valence-corrected chi connectivity index (χ4v) is 5.94. The van der Waals surface area contributed by atoms with E-state index in [1.807, 2.05) is 19.9 Å². The van der Waals surface area contributed by atoms with Gasteiger partial charge in [0.15, 0.2) is 9.84 Å². The van der Waals surface area contributed by atoms with Crippen LogP contribution in [0.4, 0.5) is 0 Å². The molecule has 1 N–H and O–H groups in total. The number of sulfone groups is 1. The lowest BCUT2D eigenvalue weighted by Crippen LogP contribution is -2.27. The average molecular weight is 458 g/mol. The minimum absolute atomic E-state index is 0.0733. The highest BCUT2D eigenvalue weighted by Gasteiger charge is 2.31. The van der Waals surface area contributed by atoms with Gasteiger partial charge in [0.1, 0.15) is 5.82 Å². The number of nitrogens with one attached hydrogen (secondary N) is 1. The topological polar surface area (TPSA) is 118 Å². The number of para-hydroxylation sites is 1. The van der Waals surface area contributed by atoms with Crippen molar-refractivity contribution >= 4 is 26.6 Å². The van der Waals surface area contributed by atoms with Crippen LogP contribution in [-0.4, -0.2) is 57.5 Å². The molecule has 0 aliphatic carbocycles. The SMILES string of the molecule is Cc1nn([C@@H]2CCS(=O)(=O)C2)c(C)c1CN(C)C(=O)CCc1nc2ccccc2c(=O)[nH]1. The van der Waals surface area contributed by atoms with Crippen LogP contribution in [0.3, 0.4) is 0 Å². The maximum Gasteiger partial charge on any atom is 0.258 e. The van der Waals surface area contributed by atoms with Gasteiger partial charge in [0.25, 0.3) is 5.56 Å². The van der Waals surface area contributed by atoms with Crippen LogP contribution in [0.2, 0.25) is 0 Å². The van der Waals surface area contributed by atoms with E-state index in [1.165, 1.54) is 0 Å². The largest absolute Gasteiger partial charge is 0.341 e. The highest BCUT2D eigenvalue weighted by Crippen LogP contribution is 2.27. The summed E-state index contributed by atoms with van der Waals surface area (Å²) in [5, 5.41) is 5.09. The summed E-state index contributed by atoms with van der Waals surface area (Å²) < 4.78 is 25.5. The Morgan fingerprint density at radius 2 is 2.03 bits per heavy atom. The molecule has 10 heteroatoms. The third kappa shape index (κ3) is 4.45. The number of H-pyrrole nitrogens is 1. The van der Waals surface area contributed by atoms with Gasteiger partial charge >= 0.3 is 0 Å². The smallest absolute Gasteiger partial charge is 0.258 e. The maximum atomic E-state index is 12.7. The zero-order valence-electron chi connectivity index (χ0n) is 18.5. The number of fused-ring (bicyclic) bond motifs is 1. The van der Waals surface area contributed by atoms with E-state index >= 15 is 0 Å². The van der Waals surface area contributed by atoms with Crippen LogP contribution in [0.1, 0.15) is 41.7 Å². The number of hydrogen-bond acceptors (Lipinski definition) is 6. The summed E-state index contributed by atoms with van der Waals surface area (Å²) >= 11 is 0. The van der Waals surface area contributed by atoms with Gasteiger partial charge < -0.3 is 9.88 Å². The molecule has 32 heavy (non-hydrogen) atoms. The van der Waals surface area contributed by atoms with Gasteiger partial charge in [-0.05, 0) is 32.4 Å². The minimum atomic E-state index is -3.01. The molecule has 1 fully saturated rings. The van der Waals surface area contributed by atoms with Crippen molar-refractivity contribution < 1.29 is 13.2 Å². The molecule has 1 aromatic carbocycles. The summed E-state index contributed by atoms with van der Waals surface area (Å²) in [7, 11) is -1.28. The molecular weight excluding hydrogens is 430 g/mol. The van der Waals surface area contributed by atoms with Crippen LogP contribution < -0.4 is 5.56 Å². The van der Waals surface area contributed by atoms with Gasteiger partial charge in [-0.3, -0.25) is 14.3 Å². The van der Waals surface area contributed by atoms with E-state index in [-0.39, 0.29) is 35.4 Å². The second kappa shape index (κ2) is 8.50. The Bertz CT molecular complexity index is 1340. The van der Waals surface area contributed by atoms with E-state index < -0.39 is 9.84 Å². The van der Waals surface area contributed by atoms with Gasteiger partial charge in [-0.1, -0.05) is 12.1 Å². The summed E-state index contributed by atoms with van der Waals surface area (Å²) in [6.07, 6.45) is 1.11. The quantitative estimate of drug-likeness (QED) is 0.602. The maximum absolute atomic E-state index is 12.7. The van der Waals surface area contributed by atoms with E-state index in [9.17, 15) is 18.0 Å². The molecule has 1 amide bonds. The van der Waals surface area contributed by atoms with Gasteiger partial charge in [-0.15, -0.1) is 0 Å². The van der Waals surface area contributed by atoms with Crippen molar-refractivity contribution in [2.75, 3.05) is 18.6 Å². The van der Waals surface area contributed by atoms with Crippen molar-refractivity contribution in [3.63, 3.8) is 0 Å². The Balaban J connectivity index is 1.43. The van der Waals surface area contributed by atoms with E-state index in [1.54, 1.807) is 34.8 Å². The van der Waals surface area contributed by atoms with E-state index in [0.717, 1.165) is 17.0 Å². The van der Waals surface area contributed by atoms with E-state index in [4.69, 9.17) is 0 Å². The Morgan fingerprint density at radius 3 is 2.75 bits per heavy atom. The normalized spacial score (nSPS) is 17.7. The predicted octanol–water partition coefficient (Wildman–Crippen LogP) is 1.69. The molecule has 9 nitrogen and oxygen atoms in total. The van der Waals surface area contributed by atoms with Crippen LogP contribution in [0, 0.1) is 13.8 Å². The van der Waals surface area contributed by atoms with Gasteiger partial charge in [-0.25, -0.2) is 13.4 Å². The summed E-state index contributed by atoms with van der Waals surface area (Å²) in [5.41, 5.74) is 3.03. The van der Waals surface area contributed by atoms with Crippen LogP contribution >= 0.6 is 0 Å². The van der Waals surface area contributed by atoms with Crippen molar-refractivity contribution in [2.45, 2.75) is 45.7 Å². The van der Waals surface area contributed by atoms with Crippen LogP contribution in [0.25, 0.3) is 10.9 Å². The molecule has 1 atom stereocenters. The number of aryl methyl sites for hydroxylation is 2. The first-order valence-electron chi connectivity index (χ1n) is 10.6. The molecule has 4 rings (SSSR count). The van der Waals surface area contributed by atoms with Crippen LogP contribution in [-0.2, 0) is 27.6 Å². The molecule has 0 unspecified atom stereocenters. The monoisotopic (exact) mass is 457 g/mol. The molecule has 0 saturated carbocycles. The molecule has 2 aromatic heterocycles. The number of carbonyl (C=O) groups excluding carboxylic acids is 1. The number of amides is 1. The number of hydrogen-bond donors (Lipinski definition) is 1. The van der Waals surface area contributed by atoms with Crippen molar-refractivity contribution in [3.05, 3.63) is 57.4 Å². The van der Waals surface area contributed by atoms with Crippen molar-refractivity contribution in [2.24, 2.45) is 0 Å². The van der Waals surface area contributed by atoms with Crippen molar-refractivity contribution in [1.82, 2.24) is 24.6 Å². The first-order chi connectivity index (χ1) is 15.1. The fourth-order valence-electron chi connectivity index (χ4n) is 4.24. The average Bonchev–Trinajstić information content (AvgIpc) is 3.25. The van der Waals surface area contributed by atoms with E-state index in [0.29, 0.717) is 36.1 Å². The molecule has 170 valence electrons. The lowest BCUT2D eigenvalue weighted by molar-refractivity contribution is -0.130. The number of carbonyl (C=O) groups is 1. The second-order valence-electron chi connectivity index (χ2n) is 8.43. The first kappa shape index (κ1) is 22.2. The highest BCUT2D eigenvalue weighted by atomic mass is 32.2. The zero-order valence-corrected chi connectivity index (χ0v) is 19.3. The molecule has 3 heterocycles. The third-order valence-corrected chi connectivity index (χ3v) is 7.84. The van der Waals surface area contributed by atoms with Gasteiger partial charge in [0.05, 0.1) is 34.1 Å². The first-order valence-corrected chi connectivity index (χ1v) is 12.4. The van der Waals surface area contributed by atoms with Crippen LogP contribution in [0.5, 0.6) is 0 Å². The van der Waals surface area contributed by atoms with Gasteiger partial charge in [0, 0.05) is 37.7 Å². The Morgan fingerprint density at radius 1 is 1.28 bits per heavy atom. The summed E-state index contributed by atoms with van der Waals surface area (Å²) in [6.45, 7) is 4.18. The van der Waals surface area contributed by atoms with E-state index in [2.05, 4.69) is 15.1 Å². The van der Waals surface area contributed by atoms with Crippen molar-refractivity contribution in [1.29, 1.82) is 0 Å². The number of aromatic amines is 1. The number of benzene rings is 1. The second-order valence-corrected chi connectivity index (χ2v) is 10.7. The molecule has 3 aromatic rings.